The predicted octanol–water partition coefficient (Wildman–Crippen LogP) is 2.50. The largest absolute Gasteiger partial charge is 0.462 e. The van der Waals surface area contributed by atoms with Crippen LogP contribution in [-0.4, -0.2) is 52.9 Å². The first-order chi connectivity index (χ1) is 12.6. The molecule has 150 valence electrons. The van der Waals surface area contributed by atoms with Crippen LogP contribution >= 0.6 is 0 Å². The van der Waals surface area contributed by atoms with E-state index < -0.39 is 10.8 Å². The van der Waals surface area contributed by atoms with Crippen molar-refractivity contribution in [2.24, 2.45) is 4.99 Å². The third-order valence-electron chi connectivity index (χ3n) is 5.30. The Hall–Kier alpha value is -1.11. The Morgan fingerprint density at radius 1 is 1.19 bits per heavy atom. The number of nitrogens with zero attached hydrogens (tertiary/aromatic N) is 1. The van der Waals surface area contributed by atoms with Gasteiger partial charge >= 0.3 is 5.97 Å². The summed E-state index contributed by atoms with van der Waals surface area (Å²) in [6, 6.07) is 0.322. The zero-order chi connectivity index (χ0) is 18.8. The molecule has 7 heteroatoms. The van der Waals surface area contributed by atoms with Crippen LogP contribution in [-0.2, 0) is 20.3 Å². The molecule has 0 saturated heterocycles. The van der Waals surface area contributed by atoms with Crippen molar-refractivity contribution in [2.45, 2.75) is 88.5 Å². The van der Waals surface area contributed by atoms with Gasteiger partial charge in [0, 0.05) is 47.9 Å². The van der Waals surface area contributed by atoms with Gasteiger partial charge in [0.1, 0.15) is 6.10 Å². The Morgan fingerprint density at radius 3 is 2.65 bits per heavy atom. The van der Waals surface area contributed by atoms with Crippen LogP contribution in [0.5, 0.6) is 0 Å². The van der Waals surface area contributed by atoms with Crippen molar-refractivity contribution in [1.29, 1.82) is 0 Å². The molecule has 3 unspecified atom stereocenters. The topological polar surface area (TPSA) is 79.8 Å². The molecule has 3 atom stereocenters. The molecule has 0 aromatic rings. The number of carbonyl (C=O) groups is 1. The normalized spacial score (nSPS) is 25.7. The van der Waals surface area contributed by atoms with Crippen LogP contribution < -0.4 is 10.6 Å². The monoisotopic (exact) mass is 385 g/mol. The second-order valence-electron chi connectivity index (χ2n) is 7.30. The van der Waals surface area contributed by atoms with E-state index in [-0.39, 0.29) is 12.1 Å². The second-order valence-corrected chi connectivity index (χ2v) is 9.30. The van der Waals surface area contributed by atoms with Crippen LogP contribution in [0.1, 0.15) is 71.1 Å². The maximum Gasteiger partial charge on any atom is 0.306 e. The maximum absolute atomic E-state index is 12.1. The van der Waals surface area contributed by atoms with Gasteiger partial charge in [-0.2, -0.15) is 0 Å². The third-order valence-corrected chi connectivity index (χ3v) is 7.04. The average Bonchev–Trinajstić information content (AvgIpc) is 3.16. The fourth-order valence-electron chi connectivity index (χ4n) is 3.83. The van der Waals surface area contributed by atoms with Crippen molar-refractivity contribution in [3.63, 3.8) is 0 Å². The van der Waals surface area contributed by atoms with Crippen LogP contribution in [0.4, 0.5) is 0 Å². The molecule has 0 spiro atoms. The van der Waals surface area contributed by atoms with Crippen molar-refractivity contribution in [2.75, 3.05) is 19.3 Å². The van der Waals surface area contributed by atoms with E-state index in [1.165, 1.54) is 12.8 Å². The first kappa shape index (κ1) is 21.2. The zero-order valence-corrected chi connectivity index (χ0v) is 17.1. The third kappa shape index (κ3) is 7.25. The molecule has 2 saturated carbocycles. The van der Waals surface area contributed by atoms with Crippen LogP contribution in [0.3, 0.4) is 0 Å². The van der Waals surface area contributed by atoms with Gasteiger partial charge in [-0.15, -0.1) is 0 Å². The molecule has 0 amide bonds. The second kappa shape index (κ2) is 11.6. The van der Waals surface area contributed by atoms with Crippen molar-refractivity contribution < 1.29 is 13.7 Å². The lowest BCUT2D eigenvalue weighted by Crippen LogP contribution is -2.46. The van der Waals surface area contributed by atoms with E-state index in [9.17, 15) is 9.00 Å². The molecule has 6 nitrogen and oxygen atoms in total. The summed E-state index contributed by atoms with van der Waals surface area (Å²) in [6.07, 6.45) is 9.92. The fraction of sp³-hybridized carbons (Fsp3) is 0.895. The first-order valence-corrected chi connectivity index (χ1v) is 11.5. The van der Waals surface area contributed by atoms with Gasteiger partial charge in [0.05, 0.1) is 0 Å². The summed E-state index contributed by atoms with van der Waals surface area (Å²) < 4.78 is 17.5. The highest BCUT2D eigenvalue weighted by molar-refractivity contribution is 7.85. The van der Waals surface area contributed by atoms with E-state index in [4.69, 9.17) is 4.74 Å². The summed E-state index contributed by atoms with van der Waals surface area (Å²) in [6.45, 7) is 2.68. The summed E-state index contributed by atoms with van der Waals surface area (Å²) in [7, 11) is 1.04. The lowest BCUT2D eigenvalue weighted by atomic mass is 9.95. The van der Waals surface area contributed by atoms with Crippen molar-refractivity contribution in [3.05, 3.63) is 0 Å². The van der Waals surface area contributed by atoms with Crippen LogP contribution in [0.2, 0.25) is 0 Å². The number of rotatable bonds is 8. The molecule has 0 heterocycles. The SMILES string of the molecule is CCS(=O)C1CCCC(NC(=NC)NCCCC(=O)OC2CCCC2)C1. The Morgan fingerprint density at radius 2 is 1.96 bits per heavy atom. The van der Waals surface area contributed by atoms with Crippen LogP contribution in [0, 0.1) is 0 Å². The summed E-state index contributed by atoms with van der Waals surface area (Å²) in [5.41, 5.74) is 0. The molecule has 2 N–H and O–H groups in total. The highest BCUT2D eigenvalue weighted by Gasteiger charge is 2.26. The lowest BCUT2D eigenvalue weighted by molar-refractivity contribution is -0.148. The van der Waals surface area contributed by atoms with E-state index in [2.05, 4.69) is 15.6 Å². The number of aliphatic imine (C=N–C) groups is 1. The molecule has 26 heavy (non-hydrogen) atoms. The van der Waals surface area contributed by atoms with Gasteiger partial charge in [-0.25, -0.2) is 0 Å². The van der Waals surface area contributed by atoms with Crippen molar-refractivity contribution >= 4 is 22.7 Å². The van der Waals surface area contributed by atoms with Crippen LogP contribution in [0.15, 0.2) is 4.99 Å². The molecule has 2 rings (SSSR count). The van der Waals surface area contributed by atoms with E-state index in [1.807, 2.05) is 6.92 Å². The van der Waals surface area contributed by atoms with Crippen molar-refractivity contribution in [3.8, 4) is 0 Å². The number of nitrogens with one attached hydrogen (secondary N) is 2. The molecule has 0 aliphatic heterocycles. The Bertz CT molecular complexity index is 492. The number of hydrogen-bond donors (Lipinski definition) is 2. The molecular formula is C19H35N3O3S. The standard InChI is InChI=1S/C19H35N3O3S/c1-3-26(24)17-11-6-8-15(14-17)22-19(20-2)21-13-7-12-18(23)25-16-9-4-5-10-16/h15-17H,3-14H2,1-2H3,(H2,20,21,22). The minimum atomic E-state index is -0.717. The van der Waals surface area contributed by atoms with Gasteiger partial charge < -0.3 is 15.4 Å². The van der Waals surface area contributed by atoms with Gasteiger partial charge in [-0.1, -0.05) is 13.3 Å². The quantitative estimate of drug-likeness (QED) is 0.290. The summed E-state index contributed by atoms with van der Waals surface area (Å²) >= 11 is 0. The maximum atomic E-state index is 12.1. The number of carbonyl (C=O) groups excluding carboxylic acids is 1. The van der Waals surface area contributed by atoms with Gasteiger partial charge in [0.2, 0.25) is 0 Å². The predicted molar refractivity (Wildman–Crippen MR) is 107 cm³/mol. The first-order valence-electron chi connectivity index (χ1n) is 10.2. The zero-order valence-electron chi connectivity index (χ0n) is 16.3. The summed E-state index contributed by atoms with van der Waals surface area (Å²) in [5.74, 6) is 1.42. The Kier molecular flexibility index (Phi) is 9.43. The average molecular weight is 386 g/mol. The van der Waals surface area contributed by atoms with E-state index in [0.717, 1.165) is 56.7 Å². The molecule has 0 bridgehead atoms. The number of guanidine groups is 1. The smallest absolute Gasteiger partial charge is 0.306 e. The molecule has 2 aliphatic carbocycles. The molecule has 2 aliphatic rings. The Labute approximate surface area is 160 Å². The highest BCUT2D eigenvalue weighted by Crippen LogP contribution is 2.23. The summed E-state index contributed by atoms with van der Waals surface area (Å²) in [4.78, 5) is 16.1. The Balaban J connectivity index is 1.62. The molecular weight excluding hydrogens is 350 g/mol. The van der Waals surface area contributed by atoms with E-state index >= 15 is 0 Å². The highest BCUT2D eigenvalue weighted by atomic mass is 32.2. The van der Waals surface area contributed by atoms with Gasteiger partial charge in [-0.05, 0) is 51.4 Å². The number of hydrogen-bond acceptors (Lipinski definition) is 4. The minimum Gasteiger partial charge on any atom is -0.462 e. The lowest BCUT2D eigenvalue weighted by Gasteiger charge is -2.30. The molecule has 2 fully saturated rings. The molecule has 0 aromatic heterocycles. The van der Waals surface area contributed by atoms with Gasteiger partial charge in [-0.3, -0.25) is 14.0 Å². The molecule has 0 radical (unpaired) electrons. The van der Waals surface area contributed by atoms with E-state index in [1.54, 1.807) is 7.05 Å². The fourth-order valence-corrected chi connectivity index (χ4v) is 5.18. The van der Waals surface area contributed by atoms with E-state index in [0.29, 0.717) is 24.3 Å². The van der Waals surface area contributed by atoms with Crippen LogP contribution in [0.25, 0.3) is 0 Å². The van der Waals surface area contributed by atoms with Gasteiger partial charge in [0.15, 0.2) is 5.96 Å². The molecule has 0 aromatic carbocycles. The van der Waals surface area contributed by atoms with Gasteiger partial charge in [0.25, 0.3) is 0 Å². The summed E-state index contributed by atoms with van der Waals surface area (Å²) in [5, 5.41) is 7.03. The number of esters is 1. The number of ether oxygens (including phenoxy) is 1. The van der Waals surface area contributed by atoms with Crippen molar-refractivity contribution in [1.82, 2.24) is 10.6 Å². The minimum absolute atomic E-state index is 0.0844.